The summed E-state index contributed by atoms with van der Waals surface area (Å²) in [5.74, 6) is -3.15. The molecule has 1 aliphatic rings. The molecule has 1 amide bonds. The number of hydrogen-bond donors (Lipinski definition) is 3. The molecule has 0 atom stereocenters. The fraction of sp³-hybridized carbons (Fsp3) is 0.0370. The largest absolute Gasteiger partial charge is 0.507 e. The molecule has 3 N–H and O–H groups in total. The van der Waals surface area contributed by atoms with Crippen LogP contribution in [0.25, 0.3) is 0 Å². The molecule has 0 unspecified atom stereocenters. The highest BCUT2D eigenvalue weighted by atomic mass is 32.2. The number of aromatic hydroxyl groups is 1. The summed E-state index contributed by atoms with van der Waals surface area (Å²) in [5.41, 5.74) is 0.498. The second kappa shape index (κ2) is 10.2. The molecular formula is C27H18N2O8S2. The Bertz CT molecular complexity index is 1760. The van der Waals surface area contributed by atoms with Gasteiger partial charge in [-0.15, -0.1) is 11.3 Å². The second-order valence-corrected chi connectivity index (χ2v) is 11.2. The molecule has 196 valence electrons. The van der Waals surface area contributed by atoms with Crippen molar-refractivity contribution in [3.05, 3.63) is 106 Å². The lowest BCUT2D eigenvalue weighted by Gasteiger charge is -2.20. The molecule has 1 aliphatic carbocycles. The topological polar surface area (TPSA) is 156 Å². The zero-order chi connectivity index (χ0) is 27.7. The number of thiophene rings is 1. The molecule has 12 heteroatoms. The molecule has 3 aromatic carbocycles. The number of phenols is 1. The number of carbonyl (C=O) groups is 4. The van der Waals surface area contributed by atoms with Crippen LogP contribution >= 0.6 is 11.3 Å². The average Bonchev–Trinajstić information content (AvgIpc) is 3.47. The quantitative estimate of drug-likeness (QED) is 0.253. The van der Waals surface area contributed by atoms with Gasteiger partial charge in [0, 0.05) is 22.8 Å². The van der Waals surface area contributed by atoms with Crippen molar-refractivity contribution in [2.24, 2.45) is 0 Å². The summed E-state index contributed by atoms with van der Waals surface area (Å²) in [7, 11) is -3.86. The van der Waals surface area contributed by atoms with E-state index in [1.54, 1.807) is 29.6 Å². The minimum Gasteiger partial charge on any atom is -0.507 e. The van der Waals surface area contributed by atoms with Crippen molar-refractivity contribution in [3.63, 3.8) is 0 Å². The fourth-order valence-corrected chi connectivity index (χ4v) is 6.08. The van der Waals surface area contributed by atoms with Crippen molar-refractivity contribution in [1.29, 1.82) is 0 Å². The van der Waals surface area contributed by atoms with Crippen molar-refractivity contribution >= 4 is 56.2 Å². The Balaban J connectivity index is 1.25. The molecule has 0 bridgehead atoms. The number of phenolic OH excluding ortho intramolecular Hbond substituents is 1. The van der Waals surface area contributed by atoms with Crippen LogP contribution in [0.4, 0.5) is 11.4 Å². The van der Waals surface area contributed by atoms with E-state index in [4.69, 9.17) is 4.74 Å². The van der Waals surface area contributed by atoms with E-state index in [-0.39, 0.29) is 49.2 Å². The lowest BCUT2D eigenvalue weighted by Crippen LogP contribution is -2.26. The Morgan fingerprint density at radius 1 is 0.872 bits per heavy atom. The van der Waals surface area contributed by atoms with Crippen LogP contribution < -0.4 is 10.0 Å². The van der Waals surface area contributed by atoms with Gasteiger partial charge in [0.2, 0.25) is 0 Å². The summed E-state index contributed by atoms with van der Waals surface area (Å²) < 4.78 is 32.1. The van der Waals surface area contributed by atoms with Gasteiger partial charge in [-0.2, -0.15) is 0 Å². The van der Waals surface area contributed by atoms with E-state index < -0.39 is 40.0 Å². The highest BCUT2D eigenvalue weighted by Crippen LogP contribution is 2.32. The first-order valence-corrected chi connectivity index (χ1v) is 13.7. The lowest BCUT2D eigenvalue weighted by atomic mass is 9.83. The molecule has 0 saturated heterocycles. The molecule has 0 aliphatic heterocycles. The number of amides is 1. The van der Waals surface area contributed by atoms with E-state index in [1.807, 2.05) is 0 Å². The van der Waals surface area contributed by atoms with Gasteiger partial charge in [0.05, 0.1) is 16.9 Å². The van der Waals surface area contributed by atoms with Gasteiger partial charge < -0.3 is 15.2 Å². The van der Waals surface area contributed by atoms with Crippen molar-refractivity contribution < 1.29 is 37.4 Å². The van der Waals surface area contributed by atoms with Gasteiger partial charge in [-0.3, -0.25) is 19.1 Å². The molecule has 0 fully saturated rings. The van der Waals surface area contributed by atoms with Crippen LogP contribution in [0, 0.1) is 0 Å². The van der Waals surface area contributed by atoms with Crippen LogP contribution in [0.1, 0.15) is 42.2 Å². The molecule has 39 heavy (non-hydrogen) atoms. The van der Waals surface area contributed by atoms with Crippen LogP contribution in [0.15, 0.2) is 82.4 Å². The Labute approximate surface area is 225 Å². The molecule has 4 aromatic rings. The smallest absolute Gasteiger partial charge is 0.342 e. The Morgan fingerprint density at radius 3 is 2.28 bits per heavy atom. The maximum atomic E-state index is 13.1. The summed E-state index contributed by atoms with van der Waals surface area (Å²) in [6.07, 6.45) is 0. The van der Waals surface area contributed by atoms with Crippen LogP contribution in [0.2, 0.25) is 0 Å². The average molecular weight is 563 g/mol. The van der Waals surface area contributed by atoms with Gasteiger partial charge in [0.15, 0.2) is 18.2 Å². The third kappa shape index (κ3) is 5.02. The lowest BCUT2D eigenvalue weighted by molar-refractivity contribution is -0.119. The SMILES string of the molecule is O=C(COC(=O)c1ccc(NS(=O)(=O)c2cccs2)cc1O)Nc1cccc2c1C(=O)c1ccccc1C2=O. The normalized spacial score (nSPS) is 12.3. The first kappa shape index (κ1) is 25.8. The maximum absolute atomic E-state index is 13.1. The number of hydrogen-bond acceptors (Lipinski definition) is 9. The monoisotopic (exact) mass is 562 g/mol. The highest BCUT2D eigenvalue weighted by Gasteiger charge is 2.31. The van der Waals surface area contributed by atoms with Crippen LogP contribution in [0.3, 0.4) is 0 Å². The number of rotatable bonds is 7. The van der Waals surface area contributed by atoms with Crippen molar-refractivity contribution in [3.8, 4) is 5.75 Å². The van der Waals surface area contributed by atoms with Gasteiger partial charge >= 0.3 is 5.97 Å². The molecule has 0 radical (unpaired) electrons. The number of ketones is 2. The Kier molecular flexibility index (Phi) is 6.73. The van der Waals surface area contributed by atoms with Crippen molar-refractivity contribution in [2.45, 2.75) is 4.21 Å². The maximum Gasteiger partial charge on any atom is 0.342 e. The first-order valence-electron chi connectivity index (χ1n) is 11.3. The predicted octanol–water partition coefficient (Wildman–Crippen LogP) is 3.83. The first-order chi connectivity index (χ1) is 18.7. The fourth-order valence-electron chi connectivity index (χ4n) is 4.03. The summed E-state index contributed by atoms with van der Waals surface area (Å²) >= 11 is 1.02. The summed E-state index contributed by atoms with van der Waals surface area (Å²) in [5, 5.41) is 14.3. The van der Waals surface area contributed by atoms with Gasteiger partial charge in [0.1, 0.15) is 15.5 Å². The molecule has 5 rings (SSSR count). The van der Waals surface area contributed by atoms with Crippen LogP contribution in [-0.4, -0.2) is 43.6 Å². The van der Waals surface area contributed by atoms with E-state index >= 15 is 0 Å². The van der Waals surface area contributed by atoms with Crippen LogP contribution in [0.5, 0.6) is 5.75 Å². The molecule has 0 spiro atoms. The van der Waals surface area contributed by atoms with E-state index in [1.165, 1.54) is 36.4 Å². The zero-order valence-corrected chi connectivity index (χ0v) is 21.5. The van der Waals surface area contributed by atoms with Crippen molar-refractivity contribution in [1.82, 2.24) is 0 Å². The number of fused-ring (bicyclic) bond motifs is 2. The van der Waals surface area contributed by atoms with E-state index in [2.05, 4.69) is 10.0 Å². The van der Waals surface area contributed by atoms with E-state index in [0.29, 0.717) is 0 Å². The summed E-state index contributed by atoms with van der Waals surface area (Å²) in [6.45, 7) is -0.757. The minimum atomic E-state index is -3.86. The number of ether oxygens (including phenoxy) is 1. The predicted molar refractivity (Wildman–Crippen MR) is 142 cm³/mol. The van der Waals surface area contributed by atoms with Gasteiger partial charge in [-0.25, -0.2) is 13.2 Å². The highest BCUT2D eigenvalue weighted by molar-refractivity contribution is 7.94. The van der Waals surface area contributed by atoms with E-state index in [9.17, 15) is 32.7 Å². The number of anilines is 2. The second-order valence-electron chi connectivity index (χ2n) is 8.33. The summed E-state index contributed by atoms with van der Waals surface area (Å²) in [4.78, 5) is 51.0. The van der Waals surface area contributed by atoms with Gasteiger partial charge in [-0.1, -0.05) is 42.5 Å². The third-order valence-corrected chi connectivity index (χ3v) is 8.57. The van der Waals surface area contributed by atoms with Gasteiger partial charge in [0.25, 0.3) is 15.9 Å². The molecule has 1 heterocycles. The Hall–Kier alpha value is -4.81. The minimum absolute atomic E-state index is 0.0184. The molecule has 10 nitrogen and oxygen atoms in total. The zero-order valence-electron chi connectivity index (χ0n) is 19.8. The number of sulfonamides is 1. The van der Waals surface area contributed by atoms with Crippen molar-refractivity contribution in [2.75, 3.05) is 16.6 Å². The van der Waals surface area contributed by atoms with Gasteiger partial charge in [-0.05, 0) is 29.6 Å². The summed E-state index contributed by atoms with van der Waals surface area (Å²) in [6, 6.07) is 17.3. The number of carbonyl (C=O) groups excluding carboxylic acids is 4. The van der Waals surface area contributed by atoms with E-state index in [0.717, 1.165) is 23.5 Å². The Morgan fingerprint density at radius 2 is 1.59 bits per heavy atom. The molecule has 0 saturated carbocycles. The number of nitrogens with one attached hydrogen (secondary N) is 2. The molecular weight excluding hydrogens is 544 g/mol. The van der Waals surface area contributed by atoms with Crippen LogP contribution in [-0.2, 0) is 19.6 Å². The number of benzene rings is 3. The molecule has 1 aromatic heterocycles. The number of esters is 1. The third-order valence-electron chi connectivity index (χ3n) is 5.79. The standard InChI is InChI=1S/C27H18N2O8S2/c30-21-13-15(29-39(35,36)23-9-4-12-38-23)10-11-18(21)27(34)37-14-22(31)28-20-8-3-7-19-24(20)26(33)17-6-2-1-5-16(17)25(19)32/h1-13,29-30H,14H2,(H,28,31).